The molecule has 0 fully saturated rings. The lowest BCUT2D eigenvalue weighted by Gasteiger charge is -1.95. The van der Waals surface area contributed by atoms with Gasteiger partial charge in [-0.25, -0.2) is 0 Å². The van der Waals surface area contributed by atoms with Crippen LogP contribution in [0, 0.1) is 0 Å². The van der Waals surface area contributed by atoms with Crippen LogP contribution in [0.4, 0.5) is 0 Å². The highest BCUT2D eigenvalue weighted by Gasteiger charge is 1.86. The Morgan fingerprint density at radius 1 is 1.10 bits per heavy atom. The van der Waals surface area contributed by atoms with E-state index >= 15 is 0 Å². The Morgan fingerprint density at radius 3 is 1.40 bits per heavy atom. The van der Waals surface area contributed by atoms with Gasteiger partial charge in [0.15, 0.2) is 0 Å². The van der Waals surface area contributed by atoms with E-state index in [0.717, 1.165) is 0 Å². The van der Waals surface area contributed by atoms with Crippen LogP contribution >= 0.6 is 12.6 Å². The standard InChI is InChI=1S/C5H12S.2C2H6/c1-3-4-5(2)6;2*1-2/h5-6H,3-4H2,1-2H3;2*1-2H3. The molecule has 0 rings (SSSR count). The molecule has 0 nitrogen and oxygen atoms in total. The van der Waals surface area contributed by atoms with Crippen molar-refractivity contribution in [1.29, 1.82) is 0 Å². The van der Waals surface area contributed by atoms with Crippen molar-refractivity contribution in [2.75, 3.05) is 0 Å². The molecule has 66 valence electrons. The van der Waals surface area contributed by atoms with Crippen molar-refractivity contribution in [2.24, 2.45) is 0 Å². The van der Waals surface area contributed by atoms with E-state index in [4.69, 9.17) is 0 Å². The molecule has 0 saturated carbocycles. The summed E-state index contributed by atoms with van der Waals surface area (Å²) in [6.45, 7) is 12.3. The molecule has 0 aromatic heterocycles. The summed E-state index contributed by atoms with van der Waals surface area (Å²) in [7, 11) is 0. The van der Waals surface area contributed by atoms with Crippen LogP contribution in [0.3, 0.4) is 0 Å². The SMILES string of the molecule is CC.CC.CCCC(C)S. The predicted molar refractivity (Wildman–Crippen MR) is 56.1 cm³/mol. The van der Waals surface area contributed by atoms with Crippen molar-refractivity contribution in [3.05, 3.63) is 0 Å². The van der Waals surface area contributed by atoms with Gasteiger partial charge in [0.25, 0.3) is 0 Å². The van der Waals surface area contributed by atoms with E-state index in [1.807, 2.05) is 27.7 Å². The van der Waals surface area contributed by atoms with E-state index in [2.05, 4.69) is 26.5 Å². The second-order valence-electron chi connectivity index (χ2n) is 1.64. The first-order chi connectivity index (χ1) is 4.77. The Labute approximate surface area is 72.8 Å². The lowest BCUT2D eigenvalue weighted by molar-refractivity contribution is 0.791. The maximum Gasteiger partial charge on any atom is -0.00117 e. The lowest BCUT2D eigenvalue weighted by Crippen LogP contribution is -1.85. The molecule has 0 bridgehead atoms. The van der Waals surface area contributed by atoms with Crippen LogP contribution in [0.5, 0.6) is 0 Å². The zero-order chi connectivity index (χ0) is 8.99. The highest BCUT2D eigenvalue weighted by Crippen LogP contribution is 2.00. The summed E-state index contributed by atoms with van der Waals surface area (Å²) in [5.41, 5.74) is 0. The summed E-state index contributed by atoms with van der Waals surface area (Å²) in [5.74, 6) is 0. The predicted octanol–water partition coefficient (Wildman–Crippen LogP) is 4.16. The molecule has 0 N–H and O–H groups in total. The molecular weight excluding hydrogens is 140 g/mol. The van der Waals surface area contributed by atoms with E-state index in [-0.39, 0.29) is 0 Å². The molecule has 0 aromatic rings. The van der Waals surface area contributed by atoms with Crippen molar-refractivity contribution in [1.82, 2.24) is 0 Å². The second kappa shape index (κ2) is 22.8. The van der Waals surface area contributed by atoms with Gasteiger partial charge < -0.3 is 0 Å². The van der Waals surface area contributed by atoms with Crippen molar-refractivity contribution < 1.29 is 0 Å². The molecule has 0 aliphatic heterocycles. The minimum Gasteiger partial charge on any atom is -0.176 e. The minimum absolute atomic E-state index is 0.593. The van der Waals surface area contributed by atoms with Gasteiger partial charge in [-0.3, -0.25) is 0 Å². The Balaban J connectivity index is -0.000000105. The van der Waals surface area contributed by atoms with Gasteiger partial charge in [0, 0.05) is 0 Å². The van der Waals surface area contributed by atoms with Crippen molar-refractivity contribution >= 4 is 12.6 Å². The molecule has 0 saturated heterocycles. The number of rotatable bonds is 2. The Hall–Kier alpha value is 0.350. The van der Waals surface area contributed by atoms with E-state index in [1.165, 1.54) is 12.8 Å². The number of hydrogen-bond acceptors (Lipinski definition) is 1. The average molecular weight is 164 g/mol. The first kappa shape index (κ1) is 16.7. The maximum atomic E-state index is 4.18. The van der Waals surface area contributed by atoms with Crippen LogP contribution in [-0.2, 0) is 0 Å². The van der Waals surface area contributed by atoms with Crippen molar-refractivity contribution in [2.45, 2.75) is 59.6 Å². The third-order valence-electron chi connectivity index (χ3n) is 0.706. The van der Waals surface area contributed by atoms with Crippen molar-refractivity contribution in [3.8, 4) is 0 Å². The summed E-state index contributed by atoms with van der Waals surface area (Å²) >= 11 is 4.18. The fourth-order valence-electron chi connectivity index (χ4n) is 0.418. The monoisotopic (exact) mass is 164 g/mol. The summed E-state index contributed by atoms with van der Waals surface area (Å²) in [4.78, 5) is 0. The molecule has 0 aromatic carbocycles. The van der Waals surface area contributed by atoms with Crippen molar-refractivity contribution in [3.63, 3.8) is 0 Å². The normalized spacial score (nSPS) is 9.90. The van der Waals surface area contributed by atoms with Gasteiger partial charge in [-0.15, -0.1) is 0 Å². The van der Waals surface area contributed by atoms with Crippen LogP contribution < -0.4 is 0 Å². The molecule has 1 heteroatoms. The van der Waals surface area contributed by atoms with Crippen LogP contribution in [-0.4, -0.2) is 5.25 Å². The van der Waals surface area contributed by atoms with Gasteiger partial charge >= 0.3 is 0 Å². The van der Waals surface area contributed by atoms with Gasteiger partial charge in [0.1, 0.15) is 0 Å². The molecule has 0 radical (unpaired) electrons. The molecule has 1 unspecified atom stereocenters. The molecule has 0 aliphatic carbocycles. The average Bonchev–Trinajstić information content (AvgIpc) is 1.96. The molecule has 0 spiro atoms. The van der Waals surface area contributed by atoms with Crippen LogP contribution in [0.25, 0.3) is 0 Å². The first-order valence-electron chi connectivity index (χ1n) is 4.45. The van der Waals surface area contributed by atoms with Gasteiger partial charge in [0.05, 0.1) is 0 Å². The van der Waals surface area contributed by atoms with E-state index in [0.29, 0.717) is 5.25 Å². The van der Waals surface area contributed by atoms with Gasteiger partial charge in [-0.1, -0.05) is 48.0 Å². The van der Waals surface area contributed by atoms with E-state index < -0.39 is 0 Å². The van der Waals surface area contributed by atoms with Crippen LogP contribution in [0.1, 0.15) is 54.4 Å². The number of thiol groups is 1. The molecule has 1 atom stereocenters. The largest absolute Gasteiger partial charge is 0.176 e. The Kier molecular flexibility index (Phi) is 38.1. The highest BCUT2D eigenvalue weighted by molar-refractivity contribution is 7.80. The molecule has 0 heterocycles. The topological polar surface area (TPSA) is 0 Å². The third-order valence-corrected chi connectivity index (χ3v) is 0.965. The van der Waals surface area contributed by atoms with E-state index in [1.54, 1.807) is 0 Å². The van der Waals surface area contributed by atoms with Gasteiger partial charge in [-0.05, 0) is 11.7 Å². The zero-order valence-electron chi connectivity index (χ0n) is 8.44. The smallest absolute Gasteiger partial charge is 0.00117 e. The third kappa shape index (κ3) is 40.2. The summed E-state index contributed by atoms with van der Waals surface area (Å²) in [6.07, 6.45) is 2.49. The lowest BCUT2D eigenvalue weighted by atomic mass is 10.3. The zero-order valence-corrected chi connectivity index (χ0v) is 9.33. The Morgan fingerprint density at radius 2 is 1.40 bits per heavy atom. The van der Waals surface area contributed by atoms with Crippen LogP contribution in [0.15, 0.2) is 0 Å². The molecule has 0 amide bonds. The van der Waals surface area contributed by atoms with Gasteiger partial charge in [-0.2, -0.15) is 12.6 Å². The number of hydrogen-bond donors (Lipinski definition) is 1. The molecule has 10 heavy (non-hydrogen) atoms. The van der Waals surface area contributed by atoms with Crippen LogP contribution in [0.2, 0.25) is 0 Å². The molecule has 0 aliphatic rings. The molecular formula is C9H24S. The summed E-state index contributed by atoms with van der Waals surface area (Å²) < 4.78 is 0. The minimum atomic E-state index is 0.593. The fraction of sp³-hybridized carbons (Fsp3) is 1.00. The fourth-order valence-corrected chi connectivity index (χ4v) is 0.676. The van der Waals surface area contributed by atoms with Gasteiger partial charge in [0.2, 0.25) is 0 Å². The van der Waals surface area contributed by atoms with E-state index in [9.17, 15) is 0 Å². The quantitative estimate of drug-likeness (QED) is 0.582. The maximum absolute atomic E-state index is 4.18. The second-order valence-corrected chi connectivity index (χ2v) is 2.52. The summed E-state index contributed by atoms with van der Waals surface area (Å²) in [6, 6.07) is 0. The highest BCUT2D eigenvalue weighted by atomic mass is 32.1. The first-order valence-corrected chi connectivity index (χ1v) is 4.97. The Bertz CT molecular complexity index is 25.9. The summed E-state index contributed by atoms with van der Waals surface area (Å²) in [5, 5.41) is 0.593.